The molecule has 4 rings (SSSR count). The van der Waals surface area contributed by atoms with Crippen LogP contribution in [0.3, 0.4) is 0 Å². The lowest BCUT2D eigenvalue weighted by atomic mass is 9.97. The second-order valence-electron chi connectivity index (χ2n) is 8.41. The summed E-state index contributed by atoms with van der Waals surface area (Å²) in [6.45, 7) is 4.44. The van der Waals surface area contributed by atoms with Crippen LogP contribution in [0.5, 0.6) is 0 Å². The van der Waals surface area contributed by atoms with Gasteiger partial charge in [0.25, 0.3) is 11.8 Å². The molecule has 0 unspecified atom stereocenters. The third kappa shape index (κ3) is 5.90. The Hall–Kier alpha value is -3.38. The van der Waals surface area contributed by atoms with Crippen molar-refractivity contribution in [1.82, 2.24) is 10.3 Å². The van der Waals surface area contributed by atoms with Gasteiger partial charge in [0.1, 0.15) is 0 Å². The molecule has 0 aliphatic carbocycles. The van der Waals surface area contributed by atoms with Crippen molar-refractivity contribution in [3.05, 3.63) is 88.7 Å². The Morgan fingerprint density at radius 1 is 1.06 bits per heavy atom. The number of nitrogens with one attached hydrogen (secondary N) is 2. The highest BCUT2D eigenvalue weighted by atomic mass is 35.5. The summed E-state index contributed by atoms with van der Waals surface area (Å²) >= 11 is 5.92. The second-order valence-corrected chi connectivity index (χ2v) is 8.84. The van der Waals surface area contributed by atoms with Gasteiger partial charge < -0.3 is 15.5 Å². The zero-order valence-corrected chi connectivity index (χ0v) is 19.3. The van der Waals surface area contributed by atoms with Gasteiger partial charge >= 0.3 is 0 Å². The largest absolute Gasteiger partial charge is 0.371 e. The first-order valence-electron chi connectivity index (χ1n) is 11.1. The lowest BCUT2D eigenvalue weighted by molar-refractivity contribution is 0.0950. The van der Waals surface area contributed by atoms with E-state index in [9.17, 15) is 9.59 Å². The molecular formula is C26H27ClN4O2. The van der Waals surface area contributed by atoms with E-state index < -0.39 is 0 Å². The van der Waals surface area contributed by atoms with Crippen LogP contribution in [-0.2, 0) is 6.54 Å². The molecule has 2 amide bonds. The third-order valence-corrected chi connectivity index (χ3v) is 6.16. The fraction of sp³-hybridized carbons (Fsp3) is 0.269. The van der Waals surface area contributed by atoms with E-state index in [1.807, 2.05) is 24.3 Å². The summed E-state index contributed by atoms with van der Waals surface area (Å²) in [7, 11) is 0. The topological polar surface area (TPSA) is 74.3 Å². The van der Waals surface area contributed by atoms with Crippen molar-refractivity contribution in [3.63, 3.8) is 0 Å². The Morgan fingerprint density at radius 2 is 1.82 bits per heavy atom. The van der Waals surface area contributed by atoms with Gasteiger partial charge in [0.2, 0.25) is 0 Å². The SMILES string of the molecule is CC1CCN(c2ccc(NC(=O)c3ccc(Cl)cc3)cc2C(=O)NCc2cccnc2)CC1. The summed E-state index contributed by atoms with van der Waals surface area (Å²) in [6, 6.07) is 16.0. The normalized spacial score (nSPS) is 14.1. The molecule has 2 heterocycles. The molecule has 33 heavy (non-hydrogen) atoms. The van der Waals surface area contributed by atoms with Gasteiger partial charge in [-0.3, -0.25) is 14.6 Å². The molecule has 1 aliphatic rings. The zero-order chi connectivity index (χ0) is 23.2. The Bertz CT molecular complexity index is 1110. The molecule has 2 aromatic carbocycles. The molecule has 1 aliphatic heterocycles. The summed E-state index contributed by atoms with van der Waals surface area (Å²) < 4.78 is 0. The molecule has 0 spiro atoms. The van der Waals surface area contributed by atoms with E-state index in [0.29, 0.717) is 34.3 Å². The number of pyridine rings is 1. The molecule has 6 nitrogen and oxygen atoms in total. The van der Waals surface area contributed by atoms with Gasteiger partial charge in [-0.25, -0.2) is 0 Å². The highest BCUT2D eigenvalue weighted by Gasteiger charge is 2.22. The average molecular weight is 463 g/mol. The monoisotopic (exact) mass is 462 g/mol. The van der Waals surface area contributed by atoms with Crippen molar-refractivity contribution in [2.24, 2.45) is 5.92 Å². The number of carbonyl (C=O) groups excluding carboxylic acids is 2. The number of anilines is 2. The summed E-state index contributed by atoms with van der Waals surface area (Å²) in [4.78, 5) is 32.2. The maximum atomic E-state index is 13.2. The van der Waals surface area contributed by atoms with Crippen LogP contribution in [0.1, 0.15) is 46.0 Å². The van der Waals surface area contributed by atoms with Crippen LogP contribution >= 0.6 is 11.6 Å². The van der Waals surface area contributed by atoms with Crippen molar-refractivity contribution < 1.29 is 9.59 Å². The highest BCUT2D eigenvalue weighted by molar-refractivity contribution is 6.30. The quantitative estimate of drug-likeness (QED) is 0.531. The molecule has 2 N–H and O–H groups in total. The first kappa shape index (κ1) is 22.8. The molecule has 3 aromatic rings. The lowest BCUT2D eigenvalue weighted by Crippen LogP contribution is -2.35. The Balaban J connectivity index is 1.56. The van der Waals surface area contributed by atoms with Crippen LogP contribution in [0.4, 0.5) is 11.4 Å². The fourth-order valence-electron chi connectivity index (χ4n) is 3.91. The standard InChI is InChI=1S/C26H27ClN4O2/c1-18-10-13-31(14-11-18)24-9-8-22(30-25(32)20-4-6-21(27)7-5-20)15-23(24)26(33)29-17-19-3-2-12-28-16-19/h2-9,12,15-16,18H,10-11,13-14,17H2,1H3,(H,29,33)(H,30,32). The molecule has 7 heteroatoms. The van der Waals surface area contributed by atoms with Crippen LogP contribution in [-0.4, -0.2) is 29.9 Å². The van der Waals surface area contributed by atoms with Gasteiger partial charge in [-0.2, -0.15) is 0 Å². The predicted molar refractivity (Wildman–Crippen MR) is 132 cm³/mol. The second kappa shape index (κ2) is 10.5. The number of nitrogens with zero attached hydrogens (tertiary/aromatic N) is 2. The minimum absolute atomic E-state index is 0.185. The number of piperidine rings is 1. The van der Waals surface area contributed by atoms with E-state index in [1.54, 1.807) is 42.7 Å². The van der Waals surface area contributed by atoms with Gasteiger partial charge in [-0.1, -0.05) is 24.6 Å². The number of hydrogen-bond acceptors (Lipinski definition) is 4. The van der Waals surface area contributed by atoms with E-state index in [2.05, 4.69) is 27.4 Å². The van der Waals surface area contributed by atoms with Crippen molar-refractivity contribution in [3.8, 4) is 0 Å². The van der Waals surface area contributed by atoms with Gasteiger partial charge in [-0.05, 0) is 72.9 Å². The fourth-order valence-corrected chi connectivity index (χ4v) is 4.03. The number of amides is 2. The van der Waals surface area contributed by atoms with Crippen LogP contribution in [0.25, 0.3) is 0 Å². The number of hydrogen-bond donors (Lipinski definition) is 2. The molecule has 1 saturated heterocycles. The number of halogens is 1. The van der Waals surface area contributed by atoms with E-state index in [-0.39, 0.29) is 11.8 Å². The number of benzene rings is 2. The molecule has 0 saturated carbocycles. The van der Waals surface area contributed by atoms with Crippen molar-refractivity contribution >= 4 is 34.8 Å². The molecule has 0 bridgehead atoms. The molecule has 0 radical (unpaired) electrons. The van der Waals surface area contributed by atoms with Crippen LogP contribution in [0.2, 0.25) is 5.02 Å². The Labute approximate surface area is 199 Å². The number of carbonyl (C=O) groups is 2. The maximum Gasteiger partial charge on any atom is 0.255 e. The zero-order valence-electron chi connectivity index (χ0n) is 18.6. The smallest absolute Gasteiger partial charge is 0.255 e. The van der Waals surface area contributed by atoms with E-state index in [0.717, 1.165) is 37.2 Å². The molecular weight excluding hydrogens is 436 g/mol. The van der Waals surface area contributed by atoms with Crippen molar-refractivity contribution in [2.45, 2.75) is 26.3 Å². The number of aromatic nitrogens is 1. The molecule has 0 atom stereocenters. The third-order valence-electron chi connectivity index (χ3n) is 5.91. The molecule has 1 aromatic heterocycles. The van der Waals surface area contributed by atoms with E-state index in [1.165, 1.54) is 0 Å². The van der Waals surface area contributed by atoms with Gasteiger partial charge in [0.05, 0.1) is 5.56 Å². The maximum absolute atomic E-state index is 13.2. The Kier molecular flexibility index (Phi) is 7.25. The summed E-state index contributed by atoms with van der Waals surface area (Å²) in [5.41, 5.74) is 3.41. The van der Waals surface area contributed by atoms with Gasteiger partial charge in [0, 0.05) is 54.0 Å². The minimum Gasteiger partial charge on any atom is -0.371 e. The predicted octanol–water partition coefficient (Wildman–Crippen LogP) is 5.15. The first-order valence-corrected chi connectivity index (χ1v) is 11.5. The van der Waals surface area contributed by atoms with E-state index in [4.69, 9.17) is 11.6 Å². The molecule has 170 valence electrons. The van der Waals surface area contributed by atoms with Gasteiger partial charge in [0.15, 0.2) is 0 Å². The van der Waals surface area contributed by atoms with Crippen LogP contribution in [0.15, 0.2) is 67.0 Å². The Morgan fingerprint density at radius 3 is 2.52 bits per heavy atom. The van der Waals surface area contributed by atoms with Crippen molar-refractivity contribution in [2.75, 3.05) is 23.3 Å². The first-order chi connectivity index (χ1) is 16.0. The minimum atomic E-state index is -0.257. The van der Waals surface area contributed by atoms with Gasteiger partial charge in [-0.15, -0.1) is 0 Å². The lowest BCUT2D eigenvalue weighted by Gasteiger charge is -2.33. The summed E-state index contributed by atoms with van der Waals surface area (Å²) in [5, 5.41) is 6.45. The van der Waals surface area contributed by atoms with Crippen LogP contribution < -0.4 is 15.5 Å². The highest BCUT2D eigenvalue weighted by Crippen LogP contribution is 2.29. The number of rotatable bonds is 6. The van der Waals surface area contributed by atoms with E-state index >= 15 is 0 Å². The van der Waals surface area contributed by atoms with Crippen molar-refractivity contribution in [1.29, 1.82) is 0 Å². The summed E-state index contributed by atoms with van der Waals surface area (Å²) in [6.07, 6.45) is 5.61. The average Bonchev–Trinajstić information content (AvgIpc) is 2.84. The summed E-state index contributed by atoms with van der Waals surface area (Å²) in [5.74, 6) is 0.241. The van der Waals surface area contributed by atoms with Crippen LogP contribution in [0, 0.1) is 5.92 Å². The molecule has 1 fully saturated rings.